The molecule has 0 unspecified atom stereocenters. The third kappa shape index (κ3) is 2.37. The summed E-state index contributed by atoms with van der Waals surface area (Å²) in [6.45, 7) is 1.29. The molecule has 1 aromatic heterocycles. The second-order valence-electron chi connectivity index (χ2n) is 4.48. The molecule has 1 aliphatic rings. The molecule has 1 fully saturated rings. The van der Waals surface area contributed by atoms with E-state index in [-0.39, 0.29) is 24.5 Å². The first-order valence-corrected chi connectivity index (χ1v) is 6.95. The summed E-state index contributed by atoms with van der Waals surface area (Å²) in [7, 11) is -3.75. The molecule has 0 aliphatic carbocycles. The van der Waals surface area contributed by atoms with E-state index >= 15 is 0 Å². The number of aromatic nitrogens is 2. The molecule has 0 amide bonds. The van der Waals surface area contributed by atoms with E-state index < -0.39 is 22.2 Å². The van der Waals surface area contributed by atoms with Crippen molar-refractivity contribution >= 4 is 10.0 Å². The lowest BCUT2D eigenvalue weighted by atomic mass is 10.1. The van der Waals surface area contributed by atoms with Gasteiger partial charge < -0.3 is 10.2 Å². The smallest absolute Gasteiger partial charge is 0.262 e. The Balaban J connectivity index is 2.25. The van der Waals surface area contributed by atoms with Gasteiger partial charge in [0, 0.05) is 13.1 Å². The maximum atomic E-state index is 12.2. The van der Waals surface area contributed by atoms with E-state index in [0.717, 1.165) is 4.31 Å². The summed E-state index contributed by atoms with van der Waals surface area (Å²) in [5, 5.41) is 26.1. The molecule has 2 rings (SSSR count). The molecule has 18 heavy (non-hydrogen) atoms. The van der Waals surface area contributed by atoms with Gasteiger partial charge in [-0.25, -0.2) is 8.42 Å². The van der Waals surface area contributed by atoms with Crippen molar-refractivity contribution in [2.45, 2.75) is 24.0 Å². The third-order valence-electron chi connectivity index (χ3n) is 2.97. The standard InChI is InChI=1S/C10H15N3O4S/c1-8-2-3-9(12-11-8)18(16,17)13-5-4-10(15,6-13)7-14/h2-3,14-15H,4-7H2,1H3/t10-/m1/s1. The lowest BCUT2D eigenvalue weighted by Gasteiger charge is -2.20. The van der Waals surface area contributed by atoms with E-state index in [0.29, 0.717) is 5.69 Å². The summed E-state index contributed by atoms with van der Waals surface area (Å²) in [6, 6.07) is 2.95. The average molecular weight is 273 g/mol. The van der Waals surface area contributed by atoms with Crippen molar-refractivity contribution in [1.29, 1.82) is 0 Å². The second-order valence-corrected chi connectivity index (χ2v) is 6.37. The van der Waals surface area contributed by atoms with Gasteiger partial charge in [0.2, 0.25) is 0 Å². The number of aliphatic hydroxyl groups excluding tert-OH is 1. The van der Waals surface area contributed by atoms with Gasteiger partial charge in [-0.15, -0.1) is 5.10 Å². The molecule has 0 radical (unpaired) electrons. The van der Waals surface area contributed by atoms with Crippen LogP contribution in [0.25, 0.3) is 0 Å². The van der Waals surface area contributed by atoms with Crippen LogP contribution in [0, 0.1) is 6.92 Å². The van der Waals surface area contributed by atoms with E-state index in [1.54, 1.807) is 13.0 Å². The number of β-amino-alcohol motifs (C(OH)–C–C–N with tert-alkyl or cyclic N) is 1. The zero-order valence-electron chi connectivity index (χ0n) is 9.94. The largest absolute Gasteiger partial charge is 0.393 e. The Labute approximate surface area is 105 Å². The van der Waals surface area contributed by atoms with Crippen molar-refractivity contribution in [3.63, 3.8) is 0 Å². The minimum atomic E-state index is -3.75. The molecule has 8 heteroatoms. The molecule has 0 saturated carbocycles. The number of rotatable bonds is 3. The Morgan fingerprint density at radius 2 is 2.17 bits per heavy atom. The van der Waals surface area contributed by atoms with Gasteiger partial charge in [-0.3, -0.25) is 0 Å². The number of sulfonamides is 1. The van der Waals surface area contributed by atoms with E-state index in [1.165, 1.54) is 6.07 Å². The maximum Gasteiger partial charge on any atom is 0.262 e. The number of hydrogen-bond donors (Lipinski definition) is 2. The van der Waals surface area contributed by atoms with Gasteiger partial charge in [0.25, 0.3) is 10.0 Å². The van der Waals surface area contributed by atoms with Gasteiger partial charge in [0.05, 0.1) is 12.3 Å². The van der Waals surface area contributed by atoms with Crippen LogP contribution >= 0.6 is 0 Å². The van der Waals surface area contributed by atoms with E-state index in [4.69, 9.17) is 5.11 Å². The molecule has 0 bridgehead atoms. The van der Waals surface area contributed by atoms with Gasteiger partial charge in [0.15, 0.2) is 5.03 Å². The second kappa shape index (κ2) is 4.54. The third-order valence-corrected chi connectivity index (χ3v) is 4.71. The van der Waals surface area contributed by atoms with Gasteiger partial charge in [-0.2, -0.15) is 9.40 Å². The highest BCUT2D eigenvalue weighted by atomic mass is 32.2. The Morgan fingerprint density at radius 3 is 2.67 bits per heavy atom. The molecular formula is C10H15N3O4S. The van der Waals surface area contributed by atoms with Gasteiger partial charge >= 0.3 is 0 Å². The highest BCUT2D eigenvalue weighted by Crippen LogP contribution is 2.25. The molecule has 1 atom stereocenters. The molecule has 100 valence electrons. The van der Waals surface area contributed by atoms with E-state index in [1.807, 2.05) is 0 Å². The fraction of sp³-hybridized carbons (Fsp3) is 0.600. The Morgan fingerprint density at radius 1 is 1.44 bits per heavy atom. The molecule has 1 aliphatic heterocycles. The monoisotopic (exact) mass is 273 g/mol. The zero-order chi connectivity index (χ0) is 13.4. The van der Waals surface area contributed by atoms with Crippen LogP contribution < -0.4 is 0 Å². The predicted molar refractivity (Wildman–Crippen MR) is 62.2 cm³/mol. The van der Waals surface area contributed by atoms with E-state index in [9.17, 15) is 13.5 Å². The first kappa shape index (κ1) is 13.3. The molecular weight excluding hydrogens is 258 g/mol. The molecule has 7 nitrogen and oxygen atoms in total. The van der Waals surface area contributed by atoms with Crippen LogP contribution in [0.3, 0.4) is 0 Å². The zero-order valence-corrected chi connectivity index (χ0v) is 10.8. The van der Waals surface area contributed by atoms with Crippen LogP contribution in [0.15, 0.2) is 17.2 Å². The van der Waals surface area contributed by atoms with Crippen LogP contribution in [0.2, 0.25) is 0 Å². The normalized spacial score (nSPS) is 25.5. The van der Waals surface area contributed by atoms with Gasteiger partial charge in [0.1, 0.15) is 5.60 Å². The summed E-state index contributed by atoms with van der Waals surface area (Å²) in [4.78, 5) is 0. The van der Waals surface area contributed by atoms with Crippen molar-refractivity contribution < 1.29 is 18.6 Å². The average Bonchev–Trinajstić information content (AvgIpc) is 2.74. The first-order chi connectivity index (χ1) is 8.37. The van der Waals surface area contributed by atoms with Crippen LogP contribution in [-0.2, 0) is 10.0 Å². The summed E-state index contributed by atoms with van der Waals surface area (Å²) in [6.07, 6.45) is 0.210. The van der Waals surface area contributed by atoms with Crippen molar-refractivity contribution in [3.8, 4) is 0 Å². The lowest BCUT2D eigenvalue weighted by Crippen LogP contribution is -2.39. The Hall–Kier alpha value is -1.09. The van der Waals surface area contributed by atoms with Gasteiger partial charge in [-0.05, 0) is 25.5 Å². The Bertz CT molecular complexity index is 531. The topological polar surface area (TPSA) is 104 Å². The molecule has 0 spiro atoms. The molecule has 1 saturated heterocycles. The highest BCUT2D eigenvalue weighted by molar-refractivity contribution is 7.89. The van der Waals surface area contributed by atoms with Crippen molar-refractivity contribution in [1.82, 2.24) is 14.5 Å². The molecule has 2 heterocycles. The number of aliphatic hydroxyl groups is 2. The minimum Gasteiger partial charge on any atom is -0.393 e. The van der Waals surface area contributed by atoms with Crippen LogP contribution in [0.4, 0.5) is 0 Å². The minimum absolute atomic E-state index is 0.124. The SMILES string of the molecule is Cc1ccc(S(=O)(=O)N2CC[C@](O)(CO)C2)nn1. The van der Waals surface area contributed by atoms with Crippen LogP contribution in [0.1, 0.15) is 12.1 Å². The maximum absolute atomic E-state index is 12.2. The van der Waals surface area contributed by atoms with Crippen molar-refractivity contribution in [3.05, 3.63) is 17.8 Å². The molecule has 1 aromatic rings. The fourth-order valence-corrected chi connectivity index (χ4v) is 3.20. The van der Waals surface area contributed by atoms with Crippen LogP contribution in [0.5, 0.6) is 0 Å². The quantitative estimate of drug-likeness (QED) is 0.724. The summed E-state index contributed by atoms with van der Waals surface area (Å²) < 4.78 is 25.5. The first-order valence-electron chi connectivity index (χ1n) is 5.51. The van der Waals surface area contributed by atoms with Gasteiger partial charge in [-0.1, -0.05) is 0 Å². The van der Waals surface area contributed by atoms with Crippen molar-refractivity contribution in [2.24, 2.45) is 0 Å². The number of aryl methyl sites for hydroxylation is 1. The van der Waals surface area contributed by atoms with Crippen LogP contribution in [-0.4, -0.2) is 58.4 Å². The number of hydrogen-bond acceptors (Lipinski definition) is 6. The number of nitrogens with zero attached hydrogens (tertiary/aromatic N) is 3. The molecule has 2 N–H and O–H groups in total. The Kier molecular flexibility index (Phi) is 3.37. The summed E-state index contributed by atoms with van der Waals surface area (Å²) >= 11 is 0. The van der Waals surface area contributed by atoms with Crippen molar-refractivity contribution in [2.75, 3.05) is 19.7 Å². The fourth-order valence-electron chi connectivity index (χ4n) is 1.81. The lowest BCUT2D eigenvalue weighted by molar-refractivity contribution is -0.000746. The summed E-state index contributed by atoms with van der Waals surface area (Å²) in [5.41, 5.74) is -0.729. The molecule has 0 aromatic carbocycles. The summed E-state index contributed by atoms with van der Waals surface area (Å²) in [5.74, 6) is 0. The highest BCUT2D eigenvalue weighted by Gasteiger charge is 2.41. The predicted octanol–water partition coefficient (Wildman–Crippen LogP) is -1.10. The van der Waals surface area contributed by atoms with E-state index in [2.05, 4.69) is 10.2 Å².